The number of hydrogen-bond acceptors (Lipinski definition) is 5. The summed E-state index contributed by atoms with van der Waals surface area (Å²) in [6, 6.07) is 0. The van der Waals surface area contributed by atoms with Crippen LogP contribution in [0, 0.1) is 3.95 Å². The van der Waals surface area contributed by atoms with Crippen LogP contribution < -0.4 is 5.32 Å². The van der Waals surface area contributed by atoms with E-state index in [1.165, 1.54) is 11.3 Å². The average molecular weight is 221 g/mol. The topological polar surface area (TPSA) is 40.7 Å². The van der Waals surface area contributed by atoms with Gasteiger partial charge in [0.15, 0.2) is 3.95 Å². The molecule has 0 aliphatic carbocycles. The van der Waals surface area contributed by atoms with Crippen molar-refractivity contribution < 1.29 is 0 Å². The quantitative estimate of drug-likeness (QED) is 0.766. The van der Waals surface area contributed by atoms with Crippen LogP contribution in [0.2, 0.25) is 0 Å². The summed E-state index contributed by atoms with van der Waals surface area (Å²) >= 11 is 8.19. The molecule has 1 aromatic heterocycles. The molecule has 0 amide bonds. The zero-order valence-corrected chi connectivity index (χ0v) is 9.41. The molecule has 0 aliphatic rings. The lowest BCUT2D eigenvalue weighted by atomic mass is 10.5. The number of rotatable bonds is 4. The Hall–Kier alpha value is -0.0700. The van der Waals surface area contributed by atoms with Crippen LogP contribution in [0.3, 0.4) is 0 Å². The van der Waals surface area contributed by atoms with Crippen LogP contribution in [0.4, 0.5) is 5.13 Å². The molecule has 0 radical (unpaired) electrons. The molecule has 1 heterocycles. The lowest BCUT2D eigenvalue weighted by molar-refractivity contribution is 0.981. The van der Waals surface area contributed by atoms with Gasteiger partial charge in [0.25, 0.3) is 0 Å². The van der Waals surface area contributed by atoms with Gasteiger partial charge in [0.2, 0.25) is 5.13 Å². The summed E-state index contributed by atoms with van der Waals surface area (Å²) in [4.78, 5) is 0. The van der Waals surface area contributed by atoms with E-state index in [9.17, 15) is 0 Å². The largest absolute Gasteiger partial charge is 0.359 e. The highest BCUT2D eigenvalue weighted by Gasteiger charge is 2.00. The smallest absolute Gasteiger partial charge is 0.204 e. The fourth-order valence-electron chi connectivity index (χ4n) is 0.620. The number of nitrogens with zero attached hydrogens (tertiary/aromatic N) is 1. The first kappa shape index (κ1) is 10.0. The zero-order chi connectivity index (χ0) is 8.97. The predicted molar refractivity (Wildman–Crippen MR) is 58.8 cm³/mol. The molecule has 1 aromatic rings. The molecule has 12 heavy (non-hydrogen) atoms. The van der Waals surface area contributed by atoms with Crippen LogP contribution in [0.5, 0.6) is 0 Å². The molecule has 0 fully saturated rings. The fourth-order valence-corrected chi connectivity index (χ4v) is 1.67. The third kappa shape index (κ3) is 3.12. The average Bonchev–Trinajstić information content (AvgIpc) is 2.47. The number of H-pyrrole nitrogens is 1. The third-order valence-electron chi connectivity index (χ3n) is 1.38. The Morgan fingerprint density at radius 3 is 3.08 bits per heavy atom. The minimum absolute atomic E-state index is 0.600. The maximum Gasteiger partial charge on any atom is 0.204 e. The maximum atomic E-state index is 4.90. The van der Waals surface area contributed by atoms with Crippen LogP contribution in [0.15, 0.2) is 0 Å². The molecule has 1 atom stereocenters. The van der Waals surface area contributed by atoms with E-state index in [0.717, 1.165) is 11.7 Å². The van der Waals surface area contributed by atoms with Crippen molar-refractivity contribution in [1.29, 1.82) is 0 Å². The second-order valence-corrected chi connectivity index (χ2v) is 5.29. The normalized spacial score (nSPS) is 12.8. The number of aromatic amines is 1. The van der Waals surface area contributed by atoms with E-state index in [4.69, 9.17) is 12.2 Å². The Bertz CT molecular complexity index is 280. The van der Waals surface area contributed by atoms with Gasteiger partial charge < -0.3 is 5.32 Å². The van der Waals surface area contributed by atoms with Crippen LogP contribution >= 0.6 is 35.3 Å². The van der Waals surface area contributed by atoms with Crippen molar-refractivity contribution in [3.63, 3.8) is 0 Å². The van der Waals surface area contributed by atoms with Crippen LogP contribution in [0.1, 0.15) is 6.92 Å². The number of anilines is 1. The first-order valence-electron chi connectivity index (χ1n) is 3.54. The molecule has 3 nitrogen and oxygen atoms in total. The Kier molecular flexibility index (Phi) is 4.03. The minimum Gasteiger partial charge on any atom is -0.359 e. The van der Waals surface area contributed by atoms with Gasteiger partial charge in [-0.1, -0.05) is 18.3 Å². The van der Waals surface area contributed by atoms with Crippen molar-refractivity contribution in [1.82, 2.24) is 10.2 Å². The lowest BCUT2D eigenvalue weighted by Crippen LogP contribution is -2.12. The van der Waals surface area contributed by atoms with Crippen LogP contribution in [-0.2, 0) is 0 Å². The summed E-state index contributed by atoms with van der Waals surface area (Å²) in [7, 11) is 0. The minimum atomic E-state index is 0.600. The molecular weight excluding hydrogens is 210 g/mol. The van der Waals surface area contributed by atoms with Crippen molar-refractivity contribution in [2.75, 3.05) is 18.1 Å². The van der Waals surface area contributed by atoms with Crippen molar-refractivity contribution in [3.05, 3.63) is 3.95 Å². The van der Waals surface area contributed by atoms with E-state index in [0.29, 0.717) is 9.20 Å². The number of nitrogens with one attached hydrogen (secondary N) is 2. The highest BCUT2D eigenvalue weighted by Crippen LogP contribution is 2.12. The van der Waals surface area contributed by atoms with Gasteiger partial charge in [0.1, 0.15) is 0 Å². The van der Waals surface area contributed by atoms with Crippen molar-refractivity contribution >= 4 is 40.4 Å². The highest BCUT2D eigenvalue weighted by atomic mass is 32.2. The Morgan fingerprint density at radius 2 is 2.58 bits per heavy atom. The Labute approximate surface area is 85.0 Å². The molecule has 0 saturated carbocycles. The molecule has 0 bridgehead atoms. The maximum absolute atomic E-state index is 4.90. The summed E-state index contributed by atoms with van der Waals surface area (Å²) in [5, 5.41) is 11.4. The highest BCUT2D eigenvalue weighted by molar-refractivity contribution is 7.99. The molecule has 2 N–H and O–H groups in total. The molecule has 1 rings (SSSR count). The predicted octanol–water partition coefficient (Wildman–Crippen LogP) is 2.36. The zero-order valence-electron chi connectivity index (χ0n) is 6.96. The van der Waals surface area contributed by atoms with Gasteiger partial charge in [-0.15, -0.1) is 5.10 Å². The summed E-state index contributed by atoms with van der Waals surface area (Å²) in [6.07, 6.45) is 2.10. The molecule has 68 valence electrons. The van der Waals surface area contributed by atoms with Gasteiger partial charge in [-0.25, -0.2) is 0 Å². The molecule has 0 aromatic carbocycles. The number of hydrogen-bond donors (Lipinski definition) is 2. The van der Waals surface area contributed by atoms with E-state index >= 15 is 0 Å². The van der Waals surface area contributed by atoms with E-state index in [1.807, 2.05) is 11.8 Å². The van der Waals surface area contributed by atoms with Gasteiger partial charge in [0.05, 0.1) is 0 Å². The van der Waals surface area contributed by atoms with Crippen LogP contribution in [0.25, 0.3) is 0 Å². The third-order valence-corrected chi connectivity index (χ3v) is 3.40. The second-order valence-electron chi connectivity index (χ2n) is 2.35. The second kappa shape index (κ2) is 4.84. The monoisotopic (exact) mass is 221 g/mol. The summed E-state index contributed by atoms with van der Waals surface area (Å²) in [5.41, 5.74) is 0. The number of aromatic nitrogens is 2. The fraction of sp³-hybridized carbons (Fsp3) is 0.667. The Morgan fingerprint density at radius 1 is 1.83 bits per heavy atom. The van der Waals surface area contributed by atoms with E-state index in [2.05, 4.69) is 28.7 Å². The first-order valence-corrected chi connectivity index (χ1v) is 6.06. The van der Waals surface area contributed by atoms with E-state index in [-0.39, 0.29) is 0 Å². The van der Waals surface area contributed by atoms with Crippen molar-refractivity contribution in [2.45, 2.75) is 12.2 Å². The van der Waals surface area contributed by atoms with Gasteiger partial charge in [-0.3, -0.25) is 5.10 Å². The van der Waals surface area contributed by atoms with Crippen molar-refractivity contribution in [2.24, 2.45) is 0 Å². The summed E-state index contributed by atoms with van der Waals surface area (Å²) in [6.45, 7) is 3.10. The van der Waals surface area contributed by atoms with Crippen molar-refractivity contribution in [3.8, 4) is 0 Å². The summed E-state index contributed by atoms with van der Waals surface area (Å²) in [5.74, 6) is 0. The molecule has 1 unspecified atom stereocenters. The number of thioether (sulfide) groups is 1. The van der Waals surface area contributed by atoms with E-state index in [1.54, 1.807) is 0 Å². The lowest BCUT2D eigenvalue weighted by Gasteiger charge is -2.07. The molecule has 0 spiro atoms. The van der Waals surface area contributed by atoms with Crippen LogP contribution in [-0.4, -0.2) is 28.2 Å². The van der Waals surface area contributed by atoms with Gasteiger partial charge in [-0.05, 0) is 18.5 Å². The first-order chi connectivity index (χ1) is 5.72. The molecule has 0 saturated heterocycles. The van der Waals surface area contributed by atoms with Gasteiger partial charge in [0, 0.05) is 11.8 Å². The van der Waals surface area contributed by atoms with E-state index < -0.39 is 0 Å². The van der Waals surface area contributed by atoms with Gasteiger partial charge in [-0.2, -0.15) is 11.8 Å². The molecule has 0 aliphatic heterocycles. The summed E-state index contributed by atoms with van der Waals surface area (Å²) < 4.78 is 0.717. The molecule has 6 heteroatoms. The Balaban J connectivity index is 2.38. The SMILES string of the molecule is CSC(C)CNc1n[nH]c(=S)s1. The standard InChI is InChI=1S/C6H11N3S3/c1-4(11-2)3-7-5-8-9-6(10)12-5/h4H,3H2,1-2H3,(H,7,8)(H,9,10). The molecular formula is C6H11N3S3. The van der Waals surface area contributed by atoms with Gasteiger partial charge >= 0.3 is 0 Å².